The van der Waals surface area contributed by atoms with Crippen molar-refractivity contribution in [2.24, 2.45) is 0 Å². The third-order valence-corrected chi connectivity index (χ3v) is 5.64. The summed E-state index contributed by atoms with van der Waals surface area (Å²) in [6.07, 6.45) is 2.89. The molecule has 0 aliphatic carbocycles. The fourth-order valence-corrected chi connectivity index (χ4v) is 3.84. The van der Waals surface area contributed by atoms with Gasteiger partial charge in [-0.25, -0.2) is 4.98 Å². The maximum Gasteiger partial charge on any atom is 0.229 e. The highest BCUT2D eigenvalue weighted by Gasteiger charge is 2.08. The predicted molar refractivity (Wildman–Crippen MR) is 134 cm³/mol. The molecule has 7 heteroatoms. The van der Waals surface area contributed by atoms with Crippen molar-refractivity contribution in [3.63, 3.8) is 0 Å². The van der Waals surface area contributed by atoms with E-state index in [9.17, 15) is 0 Å². The summed E-state index contributed by atoms with van der Waals surface area (Å²) < 4.78 is 0. The second-order valence-corrected chi connectivity index (χ2v) is 8.29. The summed E-state index contributed by atoms with van der Waals surface area (Å²) in [5.41, 5.74) is 4.48. The molecule has 32 heavy (non-hydrogen) atoms. The Kier molecular flexibility index (Phi) is 7.53. The number of piperazine rings is 1. The molecule has 2 aromatic carbocycles. The van der Waals surface area contributed by atoms with Crippen LogP contribution in [0.2, 0.25) is 0 Å². The molecular weight excluding hydrogens is 398 g/mol. The van der Waals surface area contributed by atoms with E-state index in [-0.39, 0.29) is 0 Å². The molecule has 1 aromatic heterocycles. The molecule has 168 valence electrons. The Hall–Kier alpha value is -3.16. The molecule has 1 saturated heterocycles. The van der Waals surface area contributed by atoms with Gasteiger partial charge in [0.1, 0.15) is 5.82 Å². The topological polar surface area (TPSA) is 68.3 Å². The monoisotopic (exact) mass is 431 g/mol. The number of rotatable bonds is 9. The standard InChI is InChI=1S/C25H33N7/c1-31(2)23-9-4-7-21(19-23)20-6-3-8-22(18-20)29-25-28-12-10-24(30-25)27-11-5-15-32-16-13-26-14-17-32/h3-4,6-10,12,18-19,26H,5,11,13-17H2,1-2H3,(H2,27,28,29,30). The molecule has 0 bridgehead atoms. The van der Waals surface area contributed by atoms with Gasteiger partial charge in [0.15, 0.2) is 0 Å². The Labute approximate surface area is 190 Å². The number of hydrogen-bond donors (Lipinski definition) is 3. The highest BCUT2D eigenvalue weighted by Crippen LogP contribution is 2.27. The fourth-order valence-electron chi connectivity index (χ4n) is 3.84. The van der Waals surface area contributed by atoms with Crippen molar-refractivity contribution in [2.75, 3.05) is 68.9 Å². The van der Waals surface area contributed by atoms with Gasteiger partial charge in [0.25, 0.3) is 0 Å². The van der Waals surface area contributed by atoms with Crippen LogP contribution in [0.4, 0.5) is 23.1 Å². The molecule has 1 fully saturated rings. The van der Waals surface area contributed by atoms with E-state index >= 15 is 0 Å². The molecule has 1 aliphatic rings. The normalized spacial score (nSPS) is 14.2. The van der Waals surface area contributed by atoms with Crippen molar-refractivity contribution in [3.8, 4) is 11.1 Å². The lowest BCUT2D eigenvalue weighted by molar-refractivity contribution is 0.240. The third kappa shape index (κ3) is 6.18. The smallest absolute Gasteiger partial charge is 0.229 e. The molecule has 0 spiro atoms. The molecule has 0 amide bonds. The van der Waals surface area contributed by atoms with E-state index in [1.165, 1.54) is 11.3 Å². The number of benzene rings is 2. The van der Waals surface area contributed by atoms with Crippen LogP contribution in [-0.2, 0) is 0 Å². The van der Waals surface area contributed by atoms with Crippen LogP contribution in [0.1, 0.15) is 6.42 Å². The number of nitrogens with zero attached hydrogens (tertiary/aromatic N) is 4. The van der Waals surface area contributed by atoms with Gasteiger partial charge in [-0.1, -0.05) is 24.3 Å². The maximum absolute atomic E-state index is 4.63. The maximum atomic E-state index is 4.63. The van der Waals surface area contributed by atoms with Gasteiger partial charge in [-0.2, -0.15) is 4.98 Å². The summed E-state index contributed by atoms with van der Waals surface area (Å²) in [6.45, 7) is 6.48. The number of aromatic nitrogens is 2. The zero-order chi connectivity index (χ0) is 22.2. The number of anilines is 4. The van der Waals surface area contributed by atoms with Crippen LogP contribution in [0.15, 0.2) is 60.8 Å². The zero-order valence-electron chi connectivity index (χ0n) is 19.0. The third-order valence-electron chi connectivity index (χ3n) is 5.64. The molecule has 0 radical (unpaired) electrons. The lowest BCUT2D eigenvalue weighted by Crippen LogP contribution is -2.44. The molecule has 3 N–H and O–H groups in total. The Morgan fingerprint density at radius 3 is 2.59 bits per heavy atom. The summed E-state index contributed by atoms with van der Waals surface area (Å²) in [7, 11) is 4.11. The van der Waals surface area contributed by atoms with E-state index in [2.05, 4.69) is 92.3 Å². The SMILES string of the molecule is CN(C)c1cccc(-c2cccc(Nc3nccc(NCCCN4CCNCC4)n3)c2)c1. The van der Waals surface area contributed by atoms with Crippen molar-refractivity contribution in [2.45, 2.75) is 6.42 Å². The van der Waals surface area contributed by atoms with Crippen molar-refractivity contribution in [1.82, 2.24) is 20.2 Å². The lowest BCUT2D eigenvalue weighted by Gasteiger charge is -2.27. The zero-order valence-corrected chi connectivity index (χ0v) is 19.0. The van der Waals surface area contributed by atoms with Crippen LogP contribution in [0.25, 0.3) is 11.1 Å². The minimum Gasteiger partial charge on any atom is -0.378 e. The van der Waals surface area contributed by atoms with Crippen LogP contribution >= 0.6 is 0 Å². The van der Waals surface area contributed by atoms with Crippen LogP contribution in [0, 0.1) is 0 Å². The molecule has 3 aromatic rings. The minimum atomic E-state index is 0.594. The van der Waals surface area contributed by atoms with Crippen molar-refractivity contribution in [3.05, 3.63) is 60.8 Å². The number of hydrogen-bond acceptors (Lipinski definition) is 7. The first-order chi connectivity index (χ1) is 15.7. The number of nitrogens with one attached hydrogen (secondary N) is 3. The predicted octanol–water partition coefficient (Wildman–Crippen LogP) is 3.66. The molecule has 7 nitrogen and oxygen atoms in total. The van der Waals surface area contributed by atoms with Crippen molar-refractivity contribution >= 4 is 23.1 Å². The van der Waals surface area contributed by atoms with Gasteiger partial charge < -0.3 is 25.8 Å². The molecule has 0 saturated carbocycles. The van der Waals surface area contributed by atoms with Gasteiger partial charge in [-0.3, -0.25) is 0 Å². The Morgan fingerprint density at radius 1 is 1.00 bits per heavy atom. The molecule has 4 rings (SSSR count). The van der Waals surface area contributed by atoms with Gasteiger partial charge >= 0.3 is 0 Å². The first kappa shape index (κ1) is 22.0. The molecule has 1 aliphatic heterocycles. The van der Waals surface area contributed by atoms with E-state index in [4.69, 9.17) is 0 Å². The molecule has 0 unspecified atom stereocenters. The molecule has 0 atom stereocenters. The van der Waals surface area contributed by atoms with Crippen LogP contribution in [0.5, 0.6) is 0 Å². The Bertz CT molecular complexity index is 999. The van der Waals surface area contributed by atoms with Gasteiger partial charge in [-0.05, 0) is 54.4 Å². The summed E-state index contributed by atoms with van der Waals surface area (Å²) in [5, 5.41) is 10.2. The van der Waals surface area contributed by atoms with Crippen LogP contribution < -0.4 is 20.9 Å². The average molecular weight is 432 g/mol. The Balaban J connectivity index is 1.35. The van der Waals surface area contributed by atoms with Crippen molar-refractivity contribution in [1.29, 1.82) is 0 Å². The summed E-state index contributed by atoms with van der Waals surface area (Å²) in [4.78, 5) is 13.6. The van der Waals surface area contributed by atoms with Gasteiger partial charge in [-0.15, -0.1) is 0 Å². The van der Waals surface area contributed by atoms with Gasteiger partial charge in [0.2, 0.25) is 5.95 Å². The summed E-state index contributed by atoms with van der Waals surface area (Å²) in [5.74, 6) is 1.44. The van der Waals surface area contributed by atoms with E-state index in [0.29, 0.717) is 5.95 Å². The van der Waals surface area contributed by atoms with Crippen molar-refractivity contribution < 1.29 is 0 Å². The quantitative estimate of drug-likeness (QED) is 0.447. The lowest BCUT2D eigenvalue weighted by atomic mass is 10.0. The second-order valence-electron chi connectivity index (χ2n) is 8.29. The largest absolute Gasteiger partial charge is 0.378 e. The first-order valence-electron chi connectivity index (χ1n) is 11.3. The summed E-state index contributed by atoms with van der Waals surface area (Å²) in [6, 6.07) is 18.8. The fraction of sp³-hybridized carbons (Fsp3) is 0.360. The molecular formula is C25H33N7. The van der Waals surface area contributed by atoms with Gasteiger partial charge in [0.05, 0.1) is 0 Å². The average Bonchev–Trinajstić information content (AvgIpc) is 2.83. The van der Waals surface area contributed by atoms with Crippen LogP contribution in [0.3, 0.4) is 0 Å². The summed E-state index contributed by atoms with van der Waals surface area (Å²) >= 11 is 0. The highest BCUT2D eigenvalue weighted by molar-refractivity contribution is 5.72. The minimum absolute atomic E-state index is 0.594. The van der Waals surface area contributed by atoms with Gasteiger partial charge in [0, 0.05) is 64.4 Å². The van der Waals surface area contributed by atoms with E-state index in [1.807, 2.05) is 12.1 Å². The molecule has 2 heterocycles. The van der Waals surface area contributed by atoms with Crippen LogP contribution in [-0.4, -0.2) is 68.2 Å². The highest BCUT2D eigenvalue weighted by atomic mass is 15.2. The second kappa shape index (κ2) is 10.9. The van der Waals surface area contributed by atoms with E-state index in [1.54, 1.807) is 6.20 Å². The van der Waals surface area contributed by atoms with E-state index in [0.717, 1.165) is 62.8 Å². The van der Waals surface area contributed by atoms with E-state index < -0.39 is 0 Å². The first-order valence-corrected chi connectivity index (χ1v) is 11.3. The Morgan fingerprint density at radius 2 is 1.78 bits per heavy atom.